The van der Waals surface area contributed by atoms with Crippen LogP contribution in [0.25, 0.3) is 0 Å². The standard InChI is InChI=1S/C18H19Cl3O2/c1-22-16-9-5-3-7-13(16)11-15(18(19,20)21)12-14-8-4-6-10-17(14)23-2/h3-10,15H,11-12H2,1-2H3. The summed E-state index contributed by atoms with van der Waals surface area (Å²) in [6, 6.07) is 15.6. The zero-order valence-corrected chi connectivity index (χ0v) is 15.3. The van der Waals surface area contributed by atoms with Gasteiger partial charge in [-0.2, -0.15) is 0 Å². The molecule has 0 aliphatic carbocycles. The Hall–Kier alpha value is -1.09. The molecule has 2 nitrogen and oxygen atoms in total. The molecule has 0 bridgehead atoms. The van der Waals surface area contributed by atoms with Crippen LogP contribution in [0.4, 0.5) is 0 Å². The number of benzene rings is 2. The summed E-state index contributed by atoms with van der Waals surface area (Å²) < 4.78 is 9.41. The Kier molecular flexibility index (Phi) is 6.46. The number of methoxy groups -OCH3 is 2. The van der Waals surface area contributed by atoms with Crippen molar-refractivity contribution >= 4 is 34.8 Å². The van der Waals surface area contributed by atoms with Crippen molar-refractivity contribution in [3.05, 3.63) is 59.7 Å². The Bertz CT molecular complexity index is 589. The van der Waals surface area contributed by atoms with E-state index in [1.807, 2.05) is 48.5 Å². The van der Waals surface area contributed by atoms with Crippen LogP contribution in [0.2, 0.25) is 0 Å². The van der Waals surface area contributed by atoms with E-state index in [0.717, 1.165) is 22.6 Å². The zero-order chi connectivity index (χ0) is 16.9. The average molecular weight is 374 g/mol. The van der Waals surface area contributed by atoms with Crippen molar-refractivity contribution in [2.45, 2.75) is 16.6 Å². The van der Waals surface area contributed by atoms with Gasteiger partial charge in [-0.05, 0) is 36.1 Å². The molecule has 0 aliphatic rings. The highest BCUT2D eigenvalue weighted by Crippen LogP contribution is 2.41. The van der Waals surface area contributed by atoms with E-state index in [2.05, 4.69) is 0 Å². The van der Waals surface area contributed by atoms with Gasteiger partial charge in [-0.25, -0.2) is 0 Å². The van der Waals surface area contributed by atoms with Gasteiger partial charge >= 0.3 is 0 Å². The third kappa shape index (κ3) is 4.94. The van der Waals surface area contributed by atoms with Gasteiger partial charge in [0.25, 0.3) is 0 Å². The fourth-order valence-corrected chi connectivity index (χ4v) is 3.04. The van der Waals surface area contributed by atoms with E-state index in [9.17, 15) is 0 Å². The molecule has 0 aromatic heterocycles. The van der Waals surface area contributed by atoms with E-state index in [1.54, 1.807) is 14.2 Å². The van der Waals surface area contributed by atoms with Crippen molar-refractivity contribution in [2.24, 2.45) is 5.92 Å². The number of para-hydroxylation sites is 2. The summed E-state index contributed by atoms with van der Waals surface area (Å²) >= 11 is 18.7. The molecule has 0 aliphatic heterocycles. The molecule has 2 aromatic rings. The average Bonchev–Trinajstić information content (AvgIpc) is 2.54. The van der Waals surface area contributed by atoms with Crippen LogP contribution >= 0.6 is 34.8 Å². The maximum Gasteiger partial charge on any atom is 0.194 e. The van der Waals surface area contributed by atoms with Gasteiger partial charge in [0.1, 0.15) is 11.5 Å². The fourth-order valence-electron chi connectivity index (χ4n) is 2.58. The first kappa shape index (κ1) is 18.3. The third-order valence-corrected chi connectivity index (χ3v) is 4.71. The third-order valence-electron chi connectivity index (χ3n) is 3.78. The number of rotatable bonds is 6. The molecule has 5 heteroatoms. The van der Waals surface area contributed by atoms with Gasteiger partial charge in [0.05, 0.1) is 14.2 Å². The first-order valence-electron chi connectivity index (χ1n) is 7.26. The maximum absolute atomic E-state index is 6.24. The lowest BCUT2D eigenvalue weighted by atomic mass is 9.92. The minimum absolute atomic E-state index is 0.208. The second-order valence-electron chi connectivity index (χ2n) is 5.27. The molecule has 0 saturated heterocycles. The molecule has 124 valence electrons. The first-order chi connectivity index (χ1) is 11.0. The molecule has 0 N–H and O–H groups in total. The largest absolute Gasteiger partial charge is 0.496 e. The summed E-state index contributed by atoms with van der Waals surface area (Å²) in [5, 5.41) is 0. The lowest BCUT2D eigenvalue weighted by molar-refractivity contribution is 0.396. The Labute approximate surface area is 152 Å². The topological polar surface area (TPSA) is 18.5 Å². The summed E-state index contributed by atoms with van der Waals surface area (Å²) in [6.45, 7) is 0. The summed E-state index contributed by atoms with van der Waals surface area (Å²) in [5.41, 5.74) is 2.03. The molecule has 2 aromatic carbocycles. The van der Waals surface area contributed by atoms with E-state index in [0.29, 0.717) is 12.8 Å². The molecule has 0 spiro atoms. The Balaban J connectivity index is 2.28. The van der Waals surface area contributed by atoms with Crippen LogP contribution in [0, 0.1) is 5.92 Å². The molecule has 23 heavy (non-hydrogen) atoms. The summed E-state index contributed by atoms with van der Waals surface area (Å²) in [5.74, 6) is 1.39. The van der Waals surface area contributed by atoms with Crippen molar-refractivity contribution in [1.29, 1.82) is 0 Å². The van der Waals surface area contributed by atoms with Crippen molar-refractivity contribution in [2.75, 3.05) is 14.2 Å². The predicted octanol–water partition coefficient (Wildman–Crippen LogP) is 5.48. The van der Waals surface area contributed by atoms with Crippen LogP contribution < -0.4 is 9.47 Å². The van der Waals surface area contributed by atoms with Gasteiger partial charge < -0.3 is 9.47 Å². The van der Waals surface area contributed by atoms with Crippen LogP contribution in [-0.2, 0) is 12.8 Å². The smallest absolute Gasteiger partial charge is 0.194 e. The first-order valence-corrected chi connectivity index (χ1v) is 8.39. The lowest BCUT2D eigenvalue weighted by Crippen LogP contribution is -2.24. The van der Waals surface area contributed by atoms with Crippen LogP contribution in [0.5, 0.6) is 11.5 Å². The second-order valence-corrected chi connectivity index (χ2v) is 7.64. The number of hydrogen-bond acceptors (Lipinski definition) is 2. The highest BCUT2D eigenvalue weighted by Gasteiger charge is 2.33. The van der Waals surface area contributed by atoms with Crippen LogP contribution in [0.15, 0.2) is 48.5 Å². The monoisotopic (exact) mass is 372 g/mol. The zero-order valence-electron chi connectivity index (χ0n) is 13.1. The van der Waals surface area contributed by atoms with Crippen LogP contribution in [0.3, 0.4) is 0 Å². The summed E-state index contributed by atoms with van der Waals surface area (Å²) in [4.78, 5) is 0. The van der Waals surface area contributed by atoms with Gasteiger partial charge in [-0.3, -0.25) is 0 Å². The van der Waals surface area contributed by atoms with E-state index >= 15 is 0 Å². The predicted molar refractivity (Wildman–Crippen MR) is 97.2 cm³/mol. The van der Waals surface area contributed by atoms with E-state index < -0.39 is 3.79 Å². The summed E-state index contributed by atoms with van der Waals surface area (Å²) in [6.07, 6.45) is 1.19. The van der Waals surface area contributed by atoms with Crippen molar-refractivity contribution in [1.82, 2.24) is 0 Å². The highest BCUT2D eigenvalue weighted by atomic mass is 35.6. The summed E-state index contributed by atoms with van der Waals surface area (Å²) in [7, 11) is 3.28. The molecular formula is C18H19Cl3O2. The van der Waals surface area contributed by atoms with E-state index in [-0.39, 0.29) is 5.92 Å². The molecule has 0 atom stereocenters. The van der Waals surface area contributed by atoms with E-state index in [4.69, 9.17) is 44.3 Å². The second kappa shape index (κ2) is 8.14. The lowest BCUT2D eigenvalue weighted by Gasteiger charge is -2.26. The Morgan fingerprint density at radius 3 is 1.52 bits per heavy atom. The van der Waals surface area contributed by atoms with Crippen molar-refractivity contribution < 1.29 is 9.47 Å². The van der Waals surface area contributed by atoms with Gasteiger partial charge in [0.15, 0.2) is 3.79 Å². The molecule has 0 fully saturated rings. The SMILES string of the molecule is COc1ccccc1CC(Cc1ccccc1OC)C(Cl)(Cl)Cl. The molecule has 0 radical (unpaired) electrons. The van der Waals surface area contributed by atoms with Gasteiger partial charge in [0.2, 0.25) is 0 Å². The molecule has 0 amide bonds. The molecule has 0 saturated carbocycles. The number of halogens is 3. The quantitative estimate of drug-likeness (QED) is 0.625. The fraction of sp³-hybridized carbons (Fsp3) is 0.333. The highest BCUT2D eigenvalue weighted by molar-refractivity contribution is 6.67. The Morgan fingerprint density at radius 2 is 1.17 bits per heavy atom. The van der Waals surface area contributed by atoms with Crippen LogP contribution in [-0.4, -0.2) is 18.0 Å². The molecular weight excluding hydrogens is 355 g/mol. The minimum Gasteiger partial charge on any atom is -0.496 e. The maximum atomic E-state index is 6.24. The number of alkyl halides is 3. The van der Waals surface area contributed by atoms with Crippen molar-refractivity contribution in [3.63, 3.8) is 0 Å². The van der Waals surface area contributed by atoms with Crippen LogP contribution in [0.1, 0.15) is 11.1 Å². The van der Waals surface area contributed by atoms with E-state index in [1.165, 1.54) is 0 Å². The number of hydrogen-bond donors (Lipinski definition) is 0. The minimum atomic E-state index is -1.39. The Morgan fingerprint density at radius 1 is 0.783 bits per heavy atom. The molecule has 0 unspecified atom stereocenters. The normalized spacial score (nSPS) is 11.6. The van der Waals surface area contributed by atoms with Crippen molar-refractivity contribution in [3.8, 4) is 11.5 Å². The van der Waals surface area contributed by atoms with Gasteiger partial charge in [-0.1, -0.05) is 71.2 Å². The molecule has 0 heterocycles. The number of ether oxygens (including phenoxy) is 2. The molecule has 2 rings (SSSR count). The van der Waals surface area contributed by atoms with Gasteiger partial charge in [0, 0.05) is 5.92 Å². The van der Waals surface area contributed by atoms with Gasteiger partial charge in [-0.15, -0.1) is 0 Å².